The summed E-state index contributed by atoms with van der Waals surface area (Å²) in [6.45, 7) is 6.41. The number of halogens is 2. The summed E-state index contributed by atoms with van der Waals surface area (Å²) in [7, 11) is 18.2. The van der Waals surface area contributed by atoms with Gasteiger partial charge in [0, 0.05) is 0 Å². The quantitative estimate of drug-likeness (QED) is 0.211. The minimum absolute atomic E-state index is 0.177. The fourth-order valence-electron chi connectivity index (χ4n) is 8.20. The van der Waals surface area contributed by atoms with Crippen LogP contribution in [-0.2, 0) is 12.0 Å². The number of hydrogen-bond donors (Lipinski definition) is 0. The van der Waals surface area contributed by atoms with Crippen molar-refractivity contribution in [2.75, 3.05) is 0 Å². The zero-order chi connectivity index (χ0) is 25.3. The van der Waals surface area contributed by atoms with Gasteiger partial charge in [0.1, 0.15) is 0 Å². The summed E-state index contributed by atoms with van der Waals surface area (Å²) < 4.78 is 1.77. The number of rotatable bonds is 4. The molecule has 0 nitrogen and oxygen atoms in total. The molecule has 2 atom stereocenters. The Bertz CT molecular complexity index is 1610. The topological polar surface area (TPSA) is 0 Å². The SMILES string of the molecule is CC1=Cc2ccccc2[CH]1[Zr](=[SiH2])([Cl])([Cl])([c]1ccccc1)([c]1ccccc1)[CH]1C(C)=Cc2ccccc21. The van der Waals surface area contributed by atoms with E-state index in [1.54, 1.807) is 0 Å². The third-order valence-electron chi connectivity index (χ3n) is 9.39. The molecule has 0 bridgehead atoms. The summed E-state index contributed by atoms with van der Waals surface area (Å²) in [4.78, 5) is 0. The third-order valence-corrected chi connectivity index (χ3v) is 52.3. The van der Waals surface area contributed by atoms with Crippen molar-refractivity contribution in [3.8, 4) is 0 Å². The normalized spacial score (nSPS) is 21.7. The number of fused-ring (bicyclic) bond motifs is 2. The molecule has 0 aromatic heterocycles. The van der Waals surface area contributed by atoms with Gasteiger partial charge in [-0.05, 0) is 0 Å². The average molecular weight is 605 g/mol. The van der Waals surface area contributed by atoms with E-state index in [9.17, 15) is 0 Å². The van der Waals surface area contributed by atoms with Gasteiger partial charge in [-0.2, -0.15) is 0 Å². The second kappa shape index (κ2) is 7.12. The van der Waals surface area contributed by atoms with Crippen molar-refractivity contribution in [1.29, 1.82) is 0 Å². The van der Waals surface area contributed by atoms with E-state index in [-0.39, 0.29) is 7.25 Å². The van der Waals surface area contributed by atoms with E-state index in [1.807, 2.05) is 6.88 Å². The van der Waals surface area contributed by atoms with Crippen LogP contribution in [0.4, 0.5) is 0 Å². The fourth-order valence-corrected chi connectivity index (χ4v) is 51.4. The molecular formula is C32H30Cl2SiZr. The predicted molar refractivity (Wildman–Crippen MR) is 158 cm³/mol. The van der Waals surface area contributed by atoms with Crippen molar-refractivity contribution in [2.24, 2.45) is 0 Å². The molecule has 0 fully saturated rings. The maximum absolute atomic E-state index is 9.10. The molecule has 2 aliphatic carbocycles. The standard InChI is InChI=1S/2C10H9.2C6H5.2ClH.H2Si.Zr/c2*1-8-6-9-4-2-3-5-10(9)7-8;2*1-2-4-6-5-3-1;;;;/h2*2-7H,1H3;2*1-5H;2*1H;1H2;/q;;;;;;;+2/p-2. The molecule has 0 aliphatic heterocycles. The molecule has 4 aromatic rings. The van der Waals surface area contributed by atoms with Crippen molar-refractivity contribution < 1.29 is 12.0 Å². The summed E-state index contributed by atoms with van der Waals surface area (Å²) in [5.74, 6) is 0. The molecule has 2 unspecified atom stereocenters. The molecule has 0 N–H and O–H groups in total. The van der Waals surface area contributed by atoms with Gasteiger partial charge in [-0.15, -0.1) is 0 Å². The molecule has 4 aromatic carbocycles. The molecular weight excluding hydrogens is 575 g/mol. The van der Waals surface area contributed by atoms with Crippen LogP contribution in [0.15, 0.2) is 120 Å². The van der Waals surface area contributed by atoms with Gasteiger partial charge in [0.15, 0.2) is 0 Å². The first-order valence-electron chi connectivity index (χ1n) is 12.6. The van der Waals surface area contributed by atoms with Gasteiger partial charge < -0.3 is 0 Å². The van der Waals surface area contributed by atoms with Gasteiger partial charge in [0.25, 0.3) is 0 Å². The molecule has 4 heteroatoms. The van der Waals surface area contributed by atoms with E-state index >= 15 is 0 Å². The van der Waals surface area contributed by atoms with E-state index in [1.165, 1.54) is 33.4 Å². The molecule has 0 saturated carbocycles. The Kier molecular flexibility index (Phi) is 4.82. The molecule has 0 radical (unpaired) electrons. The molecule has 2 aliphatic rings. The molecule has 0 saturated heterocycles. The van der Waals surface area contributed by atoms with Crippen molar-refractivity contribution in [1.82, 2.24) is 0 Å². The van der Waals surface area contributed by atoms with E-state index in [2.05, 4.69) is 135 Å². The summed E-state index contributed by atoms with van der Waals surface area (Å²) in [5.41, 5.74) is 7.32. The van der Waals surface area contributed by atoms with Crippen molar-refractivity contribution in [2.45, 2.75) is 21.1 Å². The van der Waals surface area contributed by atoms with Crippen LogP contribution in [0.1, 0.15) is 43.4 Å². The summed E-state index contributed by atoms with van der Waals surface area (Å²) in [6.07, 6.45) is 4.60. The van der Waals surface area contributed by atoms with Crippen LogP contribution in [0.5, 0.6) is 0 Å². The van der Waals surface area contributed by atoms with Gasteiger partial charge >= 0.3 is 218 Å². The van der Waals surface area contributed by atoms with E-state index < -0.39 is 12.0 Å². The second-order valence-corrected chi connectivity index (χ2v) is 65.5. The molecule has 36 heavy (non-hydrogen) atoms. The van der Waals surface area contributed by atoms with Gasteiger partial charge in [0.05, 0.1) is 0 Å². The summed E-state index contributed by atoms with van der Waals surface area (Å²) in [6, 6.07) is 38.6. The van der Waals surface area contributed by atoms with Crippen molar-refractivity contribution in [3.63, 3.8) is 0 Å². The first kappa shape index (κ1) is 24.4. The van der Waals surface area contributed by atoms with Crippen LogP contribution in [0, 0.1) is 0 Å². The van der Waals surface area contributed by atoms with E-state index in [4.69, 9.17) is 17.0 Å². The Morgan fingerprint density at radius 3 is 1.25 bits per heavy atom. The first-order valence-corrected chi connectivity index (χ1v) is 30.1. The molecule has 180 valence electrons. The van der Waals surface area contributed by atoms with E-state index in [0.29, 0.717) is 0 Å². The zero-order valence-corrected chi connectivity index (χ0v) is 26.0. The maximum atomic E-state index is 9.10. The molecule has 0 heterocycles. The van der Waals surface area contributed by atoms with Crippen LogP contribution >= 0.6 is 17.0 Å². The van der Waals surface area contributed by atoms with Gasteiger partial charge in [-0.1, -0.05) is 0 Å². The first-order chi connectivity index (χ1) is 17.1. The zero-order valence-electron chi connectivity index (χ0n) is 20.7. The van der Waals surface area contributed by atoms with E-state index in [0.717, 1.165) is 6.54 Å². The third kappa shape index (κ3) is 2.64. The van der Waals surface area contributed by atoms with Crippen molar-refractivity contribution >= 4 is 42.6 Å². The number of hydrogen-bond acceptors (Lipinski definition) is 0. The van der Waals surface area contributed by atoms with Crippen LogP contribution < -0.4 is 6.54 Å². The van der Waals surface area contributed by atoms with Gasteiger partial charge in [0.2, 0.25) is 0 Å². The number of allylic oxidation sites excluding steroid dienone is 2. The van der Waals surface area contributed by atoms with Crippen LogP contribution in [0.3, 0.4) is 0 Å². The molecule has 0 amide bonds. The number of benzene rings is 4. The minimum atomic E-state index is -6.61. The van der Waals surface area contributed by atoms with Gasteiger partial charge in [-0.25, -0.2) is 0 Å². The Balaban J connectivity index is 1.96. The average Bonchev–Trinajstić information content (AvgIpc) is 3.42. The Hall–Kier alpha value is -1.96. The van der Waals surface area contributed by atoms with Crippen molar-refractivity contribution in [3.05, 3.63) is 143 Å². The Morgan fingerprint density at radius 1 is 0.528 bits per heavy atom. The van der Waals surface area contributed by atoms with Crippen LogP contribution in [-0.4, -0.2) is 6.88 Å². The molecule has 6 rings (SSSR count). The summed E-state index contributed by atoms with van der Waals surface area (Å²) in [5, 5.41) is 0. The molecule has 0 spiro atoms. The second-order valence-electron chi connectivity index (χ2n) is 11.4. The van der Waals surface area contributed by atoms with Crippen LogP contribution in [0.2, 0.25) is 0 Å². The predicted octanol–water partition coefficient (Wildman–Crippen LogP) is 7.57. The Morgan fingerprint density at radius 2 is 0.861 bits per heavy atom. The monoisotopic (exact) mass is 602 g/mol. The fraction of sp³-hybridized carbons (Fsp3) is 0.125. The van der Waals surface area contributed by atoms with Gasteiger partial charge in [-0.3, -0.25) is 0 Å². The summed E-state index contributed by atoms with van der Waals surface area (Å²) >= 11 is -6.61. The Labute approximate surface area is 216 Å². The van der Waals surface area contributed by atoms with Crippen LogP contribution in [0.25, 0.3) is 12.2 Å².